The van der Waals surface area contributed by atoms with Gasteiger partial charge in [0.25, 0.3) is 5.78 Å². The third-order valence-electron chi connectivity index (χ3n) is 1.70. The zero-order valence-electron chi connectivity index (χ0n) is 5.95. The monoisotopic (exact) mass is 225 g/mol. The molecule has 0 amide bonds. The smallest absolute Gasteiger partial charge is 0.257 e. The van der Waals surface area contributed by atoms with Crippen molar-refractivity contribution in [2.45, 2.75) is 0 Å². The summed E-state index contributed by atoms with van der Waals surface area (Å²) < 4.78 is 1.39. The molecule has 0 unspecified atom stereocenters. The molecule has 60 valence electrons. The standard InChI is InChI=1S/C8H4BrNO2/c9-5-1-2-7-6(3-5)8(11)4-10(7)12/h1-4H. The normalized spacial score (nSPS) is 14.4. The van der Waals surface area contributed by atoms with E-state index in [0.29, 0.717) is 16.0 Å². The predicted molar refractivity (Wildman–Crippen MR) is 47.8 cm³/mol. The van der Waals surface area contributed by atoms with Crippen LogP contribution in [-0.4, -0.2) is 16.7 Å². The number of ketones is 1. The van der Waals surface area contributed by atoms with E-state index in [1.54, 1.807) is 18.2 Å². The number of fused-ring (bicyclic) bond motifs is 1. The van der Waals surface area contributed by atoms with Crippen molar-refractivity contribution >= 4 is 33.6 Å². The Morgan fingerprint density at radius 1 is 1.42 bits per heavy atom. The van der Waals surface area contributed by atoms with E-state index >= 15 is 0 Å². The Labute approximate surface area is 77.0 Å². The van der Waals surface area contributed by atoms with Crippen molar-refractivity contribution in [1.82, 2.24) is 0 Å². The van der Waals surface area contributed by atoms with Gasteiger partial charge in [0.2, 0.25) is 11.9 Å². The summed E-state index contributed by atoms with van der Waals surface area (Å²) in [6, 6.07) is 5.00. The zero-order chi connectivity index (χ0) is 8.72. The molecule has 1 aliphatic heterocycles. The van der Waals surface area contributed by atoms with E-state index in [1.807, 2.05) is 0 Å². The topological polar surface area (TPSA) is 43.1 Å². The number of hydrogen-bond acceptors (Lipinski definition) is 2. The van der Waals surface area contributed by atoms with Crippen LogP contribution in [0.4, 0.5) is 5.69 Å². The molecular weight excluding hydrogens is 222 g/mol. The van der Waals surface area contributed by atoms with E-state index in [0.717, 1.165) is 10.7 Å². The van der Waals surface area contributed by atoms with E-state index in [4.69, 9.17) is 0 Å². The van der Waals surface area contributed by atoms with E-state index in [1.165, 1.54) is 0 Å². The van der Waals surface area contributed by atoms with Crippen LogP contribution in [0.2, 0.25) is 0 Å². The van der Waals surface area contributed by atoms with Crippen LogP contribution in [0.1, 0.15) is 10.4 Å². The zero-order valence-corrected chi connectivity index (χ0v) is 7.54. The molecule has 1 aromatic carbocycles. The Kier molecular flexibility index (Phi) is 1.51. The van der Waals surface area contributed by atoms with E-state index in [9.17, 15) is 10.0 Å². The molecule has 1 aromatic rings. The third kappa shape index (κ3) is 0.956. The Morgan fingerprint density at radius 2 is 2.17 bits per heavy atom. The van der Waals surface area contributed by atoms with Gasteiger partial charge in [-0.05, 0) is 12.1 Å². The first-order chi connectivity index (χ1) is 5.68. The number of carbonyl (C=O) groups excluding carboxylic acids is 1. The Balaban J connectivity index is 2.68. The fourth-order valence-electron chi connectivity index (χ4n) is 1.14. The molecular formula is C8H4BrNO2. The lowest BCUT2D eigenvalue weighted by atomic mass is 10.1. The van der Waals surface area contributed by atoms with Crippen LogP contribution >= 0.6 is 15.9 Å². The molecule has 0 saturated carbocycles. The number of halogens is 1. The lowest BCUT2D eigenvalue weighted by Crippen LogP contribution is -1.94. The van der Waals surface area contributed by atoms with Crippen LogP contribution in [0.5, 0.6) is 0 Å². The summed E-state index contributed by atoms with van der Waals surface area (Å²) in [6.45, 7) is 0. The highest BCUT2D eigenvalue weighted by atomic mass is 79.9. The van der Waals surface area contributed by atoms with Crippen molar-refractivity contribution in [3.63, 3.8) is 0 Å². The first kappa shape index (κ1) is 7.49. The third-order valence-corrected chi connectivity index (χ3v) is 2.19. The predicted octanol–water partition coefficient (Wildman–Crippen LogP) is 1.86. The van der Waals surface area contributed by atoms with Crippen molar-refractivity contribution in [2.75, 3.05) is 0 Å². The van der Waals surface area contributed by atoms with Gasteiger partial charge in [-0.25, -0.2) is 0 Å². The van der Waals surface area contributed by atoms with Crippen molar-refractivity contribution < 1.29 is 9.53 Å². The molecule has 0 aliphatic carbocycles. The molecule has 4 heteroatoms. The van der Waals surface area contributed by atoms with Crippen molar-refractivity contribution in [3.05, 3.63) is 33.4 Å². The van der Waals surface area contributed by atoms with Gasteiger partial charge >= 0.3 is 0 Å². The molecule has 0 N–H and O–H groups in total. The molecule has 0 saturated heterocycles. The second-order valence-corrected chi connectivity index (χ2v) is 3.40. The minimum atomic E-state index is -0.235. The number of Topliss-reactive ketones (excluding diaryl/α,β-unsaturated/α-hetero) is 1. The molecule has 1 aliphatic rings. The Hall–Kier alpha value is -1.16. The molecule has 0 aromatic heterocycles. The second-order valence-electron chi connectivity index (χ2n) is 2.48. The van der Waals surface area contributed by atoms with Gasteiger partial charge < -0.3 is 5.21 Å². The number of nitrogens with zero attached hydrogens (tertiary/aromatic N) is 1. The minimum absolute atomic E-state index is 0.235. The molecule has 0 bridgehead atoms. The van der Waals surface area contributed by atoms with Crippen molar-refractivity contribution in [2.24, 2.45) is 0 Å². The quantitative estimate of drug-likeness (QED) is 0.500. The van der Waals surface area contributed by atoms with Gasteiger partial charge in [0, 0.05) is 10.5 Å². The van der Waals surface area contributed by atoms with E-state index in [-0.39, 0.29) is 5.78 Å². The number of benzene rings is 1. The molecule has 1 heterocycles. The lowest BCUT2D eigenvalue weighted by Gasteiger charge is -1.97. The summed E-state index contributed by atoms with van der Waals surface area (Å²) in [4.78, 5) is 11.1. The average molecular weight is 226 g/mol. The van der Waals surface area contributed by atoms with Gasteiger partial charge in [-0.2, -0.15) is 4.74 Å². The summed E-state index contributed by atoms with van der Waals surface area (Å²) in [5.74, 6) is -0.235. The van der Waals surface area contributed by atoms with Gasteiger partial charge in [-0.1, -0.05) is 15.9 Å². The summed E-state index contributed by atoms with van der Waals surface area (Å²) >= 11 is 3.23. The number of carbonyl (C=O) groups is 1. The maximum absolute atomic E-state index is 11.1. The molecule has 3 nitrogen and oxygen atoms in total. The highest BCUT2D eigenvalue weighted by molar-refractivity contribution is 9.10. The van der Waals surface area contributed by atoms with Gasteiger partial charge in [-0.15, -0.1) is 0 Å². The lowest BCUT2D eigenvalue weighted by molar-refractivity contribution is -0.350. The summed E-state index contributed by atoms with van der Waals surface area (Å²) in [7, 11) is 0. The van der Waals surface area contributed by atoms with Crippen LogP contribution in [0, 0.1) is 5.21 Å². The number of rotatable bonds is 0. The van der Waals surface area contributed by atoms with Gasteiger partial charge in [0.15, 0.2) is 0 Å². The van der Waals surface area contributed by atoms with Crippen molar-refractivity contribution in [1.29, 1.82) is 0 Å². The van der Waals surface area contributed by atoms with Gasteiger partial charge in [0.1, 0.15) is 5.56 Å². The second kappa shape index (κ2) is 2.42. The van der Waals surface area contributed by atoms with Crippen LogP contribution in [0.25, 0.3) is 0 Å². The summed E-state index contributed by atoms with van der Waals surface area (Å²) in [6.07, 6.45) is 1.04. The Morgan fingerprint density at radius 3 is 2.92 bits per heavy atom. The van der Waals surface area contributed by atoms with Gasteiger partial charge in [0.05, 0.1) is 0 Å². The van der Waals surface area contributed by atoms with E-state index in [2.05, 4.69) is 15.9 Å². The molecule has 0 radical (unpaired) electrons. The summed E-state index contributed by atoms with van der Waals surface area (Å²) in [5, 5.41) is 11.0. The highest BCUT2D eigenvalue weighted by Gasteiger charge is 2.25. The van der Waals surface area contributed by atoms with Crippen LogP contribution < -0.4 is 0 Å². The fraction of sp³-hybridized carbons (Fsp3) is 0. The summed E-state index contributed by atoms with van der Waals surface area (Å²) in [5.41, 5.74) is 0.877. The molecule has 12 heavy (non-hydrogen) atoms. The van der Waals surface area contributed by atoms with Crippen molar-refractivity contribution in [3.8, 4) is 0 Å². The maximum Gasteiger partial charge on any atom is 0.257 e. The number of hydrogen-bond donors (Lipinski definition) is 0. The first-order valence-corrected chi connectivity index (χ1v) is 4.13. The molecule has 0 atom stereocenters. The van der Waals surface area contributed by atoms with Crippen LogP contribution in [0.3, 0.4) is 0 Å². The Bertz CT molecular complexity index is 398. The maximum atomic E-state index is 11.1. The molecule has 0 fully saturated rings. The van der Waals surface area contributed by atoms with Crippen LogP contribution in [-0.2, 0) is 0 Å². The largest absolute Gasteiger partial charge is 0.618 e. The average Bonchev–Trinajstić information content (AvgIpc) is 2.28. The molecule has 2 rings (SSSR count). The molecule has 0 spiro atoms. The fourth-order valence-corrected chi connectivity index (χ4v) is 1.50. The van der Waals surface area contributed by atoms with E-state index < -0.39 is 0 Å². The van der Waals surface area contributed by atoms with Gasteiger partial charge in [-0.3, -0.25) is 4.79 Å². The minimum Gasteiger partial charge on any atom is -0.618 e. The van der Waals surface area contributed by atoms with Crippen LogP contribution in [0.15, 0.2) is 22.7 Å². The highest BCUT2D eigenvalue weighted by Crippen LogP contribution is 2.26. The first-order valence-electron chi connectivity index (χ1n) is 3.33. The SMILES string of the molecule is O=C1C=[N+]([O-])c2ccc(Br)cc21.